The van der Waals surface area contributed by atoms with Crippen LogP contribution in [0.2, 0.25) is 0 Å². The van der Waals surface area contributed by atoms with Gasteiger partial charge in [-0.1, -0.05) is 32.0 Å². The molecular weight excluding hydrogens is 472 g/mol. The first-order valence-electron chi connectivity index (χ1n) is 12.8. The molecule has 0 saturated heterocycles. The van der Waals surface area contributed by atoms with Gasteiger partial charge in [0.1, 0.15) is 25.1 Å². The molecule has 1 amide bonds. The summed E-state index contributed by atoms with van der Waals surface area (Å²) in [6.45, 7) is 9.53. The van der Waals surface area contributed by atoms with Crippen molar-refractivity contribution in [2.45, 2.75) is 53.2 Å². The van der Waals surface area contributed by atoms with Crippen LogP contribution in [-0.4, -0.2) is 70.6 Å². The van der Waals surface area contributed by atoms with Gasteiger partial charge in [-0.15, -0.1) is 0 Å². The predicted octanol–water partition coefficient (Wildman–Crippen LogP) is 3.14. The van der Waals surface area contributed by atoms with E-state index in [-0.39, 0.29) is 13.2 Å². The van der Waals surface area contributed by atoms with E-state index in [0.717, 1.165) is 41.8 Å². The van der Waals surface area contributed by atoms with Crippen molar-refractivity contribution < 1.29 is 24.3 Å². The number of nitrogens with zero attached hydrogens (tertiary/aromatic N) is 3. The Labute approximate surface area is 218 Å². The third-order valence-corrected chi connectivity index (χ3v) is 6.33. The highest BCUT2D eigenvalue weighted by atomic mass is 16.5. The van der Waals surface area contributed by atoms with Crippen molar-refractivity contribution in [3.05, 3.63) is 52.6 Å². The van der Waals surface area contributed by atoms with E-state index in [1.807, 2.05) is 32.0 Å². The summed E-state index contributed by atoms with van der Waals surface area (Å²) in [5, 5.41) is 25.5. The Morgan fingerprint density at radius 1 is 1.11 bits per heavy atom. The molecule has 200 valence electrons. The number of aliphatic hydroxyl groups is 2. The number of benzene rings is 2. The quantitative estimate of drug-likeness (QED) is 0.321. The fourth-order valence-corrected chi connectivity index (χ4v) is 4.07. The average molecular weight is 511 g/mol. The number of ether oxygens (including phenoxy) is 1. The van der Waals surface area contributed by atoms with E-state index in [1.54, 1.807) is 0 Å². The number of aryl methyl sites for hydroxylation is 3. The van der Waals surface area contributed by atoms with Gasteiger partial charge in [0, 0.05) is 24.2 Å². The van der Waals surface area contributed by atoms with Gasteiger partial charge >= 0.3 is 0 Å². The maximum Gasteiger partial charge on any atom is 0.258 e. The Hall–Kier alpha value is -3.27. The van der Waals surface area contributed by atoms with Gasteiger partial charge < -0.3 is 29.7 Å². The number of hydrogen-bond donors (Lipinski definition) is 3. The summed E-state index contributed by atoms with van der Waals surface area (Å²) in [5.74, 6) is 1.12. The predicted molar refractivity (Wildman–Crippen MR) is 142 cm³/mol. The fourth-order valence-electron chi connectivity index (χ4n) is 4.07. The van der Waals surface area contributed by atoms with Crippen LogP contribution in [0.25, 0.3) is 22.8 Å². The molecule has 0 spiro atoms. The molecule has 0 radical (unpaired) electrons. The van der Waals surface area contributed by atoms with E-state index in [4.69, 9.17) is 14.4 Å². The minimum atomic E-state index is -0.902. The molecule has 1 unspecified atom stereocenters. The van der Waals surface area contributed by atoms with E-state index in [1.165, 1.54) is 11.1 Å². The van der Waals surface area contributed by atoms with Gasteiger partial charge in [-0.2, -0.15) is 4.98 Å². The summed E-state index contributed by atoms with van der Waals surface area (Å²) in [6, 6.07) is 10.2. The van der Waals surface area contributed by atoms with Crippen LogP contribution in [0.15, 0.2) is 34.9 Å². The Bertz CT molecular complexity index is 1190. The smallest absolute Gasteiger partial charge is 0.258 e. The van der Waals surface area contributed by atoms with Gasteiger partial charge in [0.25, 0.3) is 5.89 Å². The number of carbonyl (C=O) groups excluding carboxylic acids is 1. The van der Waals surface area contributed by atoms with Gasteiger partial charge in [0.2, 0.25) is 11.7 Å². The van der Waals surface area contributed by atoms with Crippen LogP contribution in [-0.2, 0) is 24.2 Å². The van der Waals surface area contributed by atoms with Crippen molar-refractivity contribution in [2.75, 3.05) is 33.4 Å². The lowest BCUT2D eigenvalue weighted by Gasteiger charge is -2.17. The van der Waals surface area contributed by atoms with Crippen LogP contribution in [0, 0.1) is 6.92 Å². The van der Waals surface area contributed by atoms with Crippen LogP contribution >= 0.6 is 0 Å². The zero-order valence-corrected chi connectivity index (χ0v) is 22.4. The molecule has 0 saturated carbocycles. The summed E-state index contributed by atoms with van der Waals surface area (Å²) >= 11 is 0. The Kier molecular flexibility index (Phi) is 10.2. The summed E-state index contributed by atoms with van der Waals surface area (Å²) in [6.07, 6.45) is 0.727. The van der Waals surface area contributed by atoms with Crippen molar-refractivity contribution >= 4 is 5.91 Å². The molecule has 0 aliphatic heterocycles. The molecule has 0 aliphatic rings. The molecule has 0 bridgehead atoms. The van der Waals surface area contributed by atoms with E-state index < -0.39 is 18.6 Å². The van der Waals surface area contributed by atoms with Crippen molar-refractivity contribution in [3.8, 4) is 28.6 Å². The number of hydrogen-bond acceptors (Lipinski definition) is 8. The summed E-state index contributed by atoms with van der Waals surface area (Å²) in [4.78, 5) is 18.1. The van der Waals surface area contributed by atoms with Gasteiger partial charge in [-0.05, 0) is 79.9 Å². The van der Waals surface area contributed by atoms with Crippen molar-refractivity contribution in [3.63, 3.8) is 0 Å². The molecule has 1 heterocycles. The molecule has 3 rings (SSSR count). The van der Waals surface area contributed by atoms with E-state index in [0.29, 0.717) is 23.9 Å². The lowest BCUT2D eigenvalue weighted by molar-refractivity contribution is -0.124. The van der Waals surface area contributed by atoms with Crippen LogP contribution in [0.5, 0.6) is 5.75 Å². The first-order chi connectivity index (χ1) is 17.8. The first-order valence-corrected chi connectivity index (χ1v) is 12.8. The third kappa shape index (κ3) is 7.38. The van der Waals surface area contributed by atoms with Crippen molar-refractivity contribution in [1.82, 2.24) is 20.4 Å². The molecule has 1 atom stereocenters. The molecule has 9 heteroatoms. The van der Waals surface area contributed by atoms with Crippen LogP contribution in [0.4, 0.5) is 0 Å². The van der Waals surface area contributed by atoms with Crippen molar-refractivity contribution in [2.24, 2.45) is 0 Å². The van der Waals surface area contributed by atoms with Gasteiger partial charge in [-0.25, -0.2) is 0 Å². The molecule has 3 aromatic rings. The van der Waals surface area contributed by atoms with Crippen LogP contribution in [0.1, 0.15) is 43.0 Å². The van der Waals surface area contributed by atoms with E-state index in [2.05, 4.69) is 53.4 Å². The minimum Gasteiger partial charge on any atom is -0.490 e. The van der Waals surface area contributed by atoms with E-state index in [9.17, 15) is 9.90 Å². The van der Waals surface area contributed by atoms with Gasteiger partial charge in [0.05, 0.1) is 0 Å². The number of rotatable bonds is 13. The molecule has 0 fully saturated rings. The molecule has 0 aliphatic carbocycles. The van der Waals surface area contributed by atoms with Crippen LogP contribution in [0.3, 0.4) is 0 Å². The normalized spacial score (nSPS) is 12.1. The number of carbonyl (C=O) groups is 1. The zero-order chi connectivity index (χ0) is 26.9. The highest BCUT2D eigenvalue weighted by molar-refractivity contribution is 5.76. The number of aliphatic hydroxyl groups excluding tert-OH is 2. The fraction of sp³-hybridized carbons (Fsp3) is 0.464. The van der Waals surface area contributed by atoms with Crippen molar-refractivity contribution in [1.29, 1.82) is 0 Å². The highest BCUT2D eigenvalue weighted by Gasteiger charge is 2.17. The molecule has 2 aromatic carbocycles. The van der Waals surface area contributed by atoms with E-state index >= 15 is 0 Å². The largest absolute Gasteiger partial charge is 0.490 e. The third-order valence-electron chi connectivity index (χ3n) is 6.33. The molecular formula is C28H38N4O5. The number of amides is 1. The molecule has 9 nitrogen and oxygen atoms in total. The second-order valence-corrected chi connectivity index (χ2v) is 9.15. The standard InChI is InChI=1S/C28H38N4O5/c1-6-19-12-21(9-10-22(19)15-32(5)8-3)28-30-27(31-37-28)23-11-18(4)26(20(7-2)13-23)36-17-24(34)14-29-25(35)16-33/h9-13,24,33-34H,6-8,14-17H2,1-5H3,(H,29,35). The maximum absolute atomic E-state index is 11.2. The lowest BCUT2D eigenvalue weighted by atomic mass is 10.0. The Balaban J connectivity index is 1.78. The molecule has 1 aromatic heterocycles. The summed E-state index contributed by atoms with van der Waals surface area (Å²) in [7, 11) is 2.11. The molecule has 3 N–H and O–H groups in total. The Morgan fingerprint density at radius 3 is 2.51 bits per heavy atom. The first kappa shape index (κ1) is 28.3. The van der Waals surface area contributed by atoms with Gasteiger partial charge in [0.15, 0.2) is 0 Å². The SMILES string of the molecule is CCc1cc(-c2nc(-c3cc(C)c(OCC(O)CNC(=O)CO)c(CC)c3)no2)ccc1CN(C)CC. The number of nitrogens with one attached hydrogen (secondary N) is 1. The number of aromatic nitrogens is 2. The Morgan fingerprint density at radius 2 is 1.84 bits per heavy atom. The average Bonchev–Trinajstić information content (AvgIpc) is 3.41. The summed E-state index contributed by atoms with van der Waals surface area (Å²) in [5.41, 5.74) is 6.12. The topological polar surface area (TPSA) is 121 Å². The zero-order valence-electron chi connectivity index (χ0n) is 22.4. The second-order valence-electron chi connectivity index (χ2n) is 9.15. The summed E-state index contributed by atoms with van der Waals surface area (Å²) < 4.78 is 11.5. The minimum absolute atomic E-state index is 0.000349. The van der Waals surface area contributed by atoms with Gasteiger partial charge in [-0.3, -0.25) is 4.79 Å². The second kappa shape index (κ2) is 13.3. The van der Waals surface area contributed by atoms with Crippen LogP contribution < -0.4 is 10.1 Å². The maximum atomic E-state index is 11.2. The highest BCUT2D eigenvalue weighted by Crippen LogP contribution is 2.31. The molecule has 37 heavy (non-hydrogen) atoms. The lowest BCUT2D eigenvalue weighted by Crippen LogP contribution is -2.36. The monoisotopic (exact) mass is 510 g/mol.